The van der Waals surface area contributed by atoms with Crippen molar-refractivity contribution in [2.75, 3.05) is 5.32 Å². The van der Waals surface area contributed by atoms with E-state index < -0.39 is 24.0 Å². The van der Waals surface area contributed by atoms with E-state index in [0.717, 1.165) is 15.8 Å². The first-order valence-corrected chi connectivity index (χ1v) is 10.8. The van der Waals surface area contributed by atoms with Gasteiger partial charge in [-0.05, 0) is 30.7 Å². The van der Waals surface area contributed by atoms with Gasteiger partial charge in [0.1, 0.15) is 6.54 Å². The molecule has 4 aromatic rings. The molecule has 1 aromatic heterocycles. The molecule has 3 aromatic carbocycles. The van der Waals surface area contributed by atoms with E-state index in [4.69, 9.17) is 0 Å². The molecule has 4 rings (SSSR count). The van der Waals surface area contributed by atoms with Crippen LogP contribution in [0.25, 0.3) is 10.8 Å². The number of carboxylic acids is 1. The molecule has 0 aliphatic heterocycles. The van der Waals surface area contributed by atoms with Crippen molar-refractivity contribution in [2.45, 2.75) is 20.0 Å². The zero-order valence-electron chi connectivity index (χ0n) is 18.8. The summed E-state index contributed by atoms with van der Waals surface area (Å²) in [6.07, 6.45) is 0. The number of fused-ring (bicyclic) bond motifs is 1. The van der Waals surface area contributed by atoms with E-state index in [0.29, 0.717) is 6.54 Å². The van der Waals surface area contributed by atoms with Crippen LogP contribution in [-0.2, 0) is 17.9 Å². The highest BCUT2D eigenvalue weighted by molar-refractivity contribution is 6.04. The zero-order valence-corrected chi connectivity index (χ0v) is 18.8. The number of para-hydroxylation sites is 1. The van der Waals surface area contributed by atoms with Gasteiger partial charge >= 0.3 is 5.97 Å². The Hall–Kier alpha value is -4.79. The third kappa shape index (κ3) is 5.25. The lowest BCUT2D eigenvalue weighted by atomic mass is 10.1. The molecule has 0 radical (unpaired) electrons. The van der Waals surface area contributed by atoms with Gasteiger partial charge in [0.05, 0.1) is 16.6 Å². The molecular weight excluding hydrogens is 448 g/mol. The summed E-state index contributed by atoms with van der Waals surface area (Å²) < 4.78 is 0.807. The van der Waals surface area contributed by atoms with E-state index in [1.807, 2.05) is 31.2 Å². The second kappa shape index (κ2) is 10.0. The van der Waals surface area contributed by atoms with Gasteiger partial charge in [-0.15, -0.1) is 0 Å². The van der Waals surface area contributed by atoms with Crippen molar-refractivity contribution >= 4 is 34.2 Å². The molecule has 1 heterocycles. The largest absolute Gasteiger partial charge is 0.476 e. The minimum Gasteiger partial charge on any atom is -0.476 e. The molecule has 9 heteroatoms. The lowest BCUT2D eigenvalue weighted by Crippen LogP contribution is -2.32. The van der Waals surface area contributed by atoms with Crippen LogP contribution in [0, 0.1) is 6.92 Å². The number of aromatic carboxylic acids is 1. The van der Waals surface area contributed by atoms with Gasteiger partial charge in [0, 0.05) is 11.9 Å². The summed E-state index contributed by atoms with van der Waals surface area (Å²) in [6, 6.07) is 20.4. The van der Waals surface area contributed by atoms with Crippen LogP contribution in [0.15, 0.2) is 77.6 Å². The topological polar surface area (TPSA) is 130 Å². The number of hydrogen-bond acceptors (Lipinski definition) is 5. The third-order valence-corrected chi connectivity index (χ3v) is 5.38. The van der Waals surface area contributed by atoms with Gasteiger partial charge in [0.15, 0.2) is 5.69 Å². The van der Waals surface area contributed by atoms with E-state index >= 15 is 0 Å². The van der Waals surface area contributed by atoms with Gasteiger partial charge in [-0.2, -0.15) is 5.10 Å². The third-order valence-electron chi connectivity index (χ3n) is 5.38. The first-order chi connectivity index (χ1) is 16.8. The number of hydrogen-bond donors (Lipinski definition) is 3. The van der Waals surface area contributed by atoms with Gasteiger partial charge < -0.3 is 15.7 Å². The Morgan fingerprint density at radius 2 is 1.57 bits per heavy atom. The Bertz CT molecular complexity index is 1490. The second-order valence-corrected chi connectivity index (χ2v) is 7.92. The molecule has 3 N–H and O–H groups in total. The standard InChI is InChI=1S/C26H22N4O5/c1-16-10-12-17(13-11-16)14-27-24(32)20-8-4-5-9-21(20)28-22(31)15-30-25(33)19-7-3-2-6-18(19)23(29-30)26(34)35/h2-13H,14-15H2,1H3,(H,27,32)(H,28,31)(H,34,35). The van der Waals surface area contributed by atoms with Crippen LogP contribution in [0.5, 0.6) is 0 Å². The Labute approximate surface area is 200 Å². The summed E-state index contributed by atoms with van der Waals surface area (Å²) in [5.41, 5.74) is 1.63. The van der Waals surface area contributed by atoms with E-state index in [9.17, 15) is 24.3 Å². The number of aromatic nitrogens is 2. The van der Waals surface area contributed by atoms with E-state index in [1.54, 1.807) is 36.4 Å². The van der Waals surface area contributed by atoms with E-state index in [-0.39, 0.29) is 33.6 Å². The molecule has 0 atom stereocenters. The number of benzene rings is 3. The molecule has 0 spiro atoms. The van der Waals surface area contributed by atoms with Crippen molar-refractivity contribution in [1.82, 2.24) is 15.1 Å². The molecule has 0 saturated heterocycles. The first-order valence-electron chi connectivity index (χ1n) is 10.8. The Morgan fingerprint density at radius 3 is 2.29 bits per heavy atom. The fourth-order valence-electron chi connectivity index (χ4n) is 3.60. The van der Waals surface area contributed by atoms with Crippen LogP contribution in [0.4, 0.5) is 5.69 Å². The number of anilines is 1. The molecular formula is C26H22N4O5. The summed E-state index contributed by atoms with van der Waals surface area (Å²) in [4.78, 5) is 49.9. The predicted molar refractivity (Wildman–Crippen MR) is 130 cm³/mol. The molecule has 0 bridgehead atoms. The summed E-state index contributed by atoms with van der Waals surface area (Å²) in [5, 5.41) is 19.1. The molecule has 0 aliphatic rings. The lowest BCUT2D eigenvalue weighted by Gasteiger charge is -2.13. The van der Waals surface area contributed by atoms with Crippen LogP contribution in [0.3, 0.4) is 0 Å². The van der Waals surface area contributed by atoms with Crippen molar-refractivity contribution in [3.8, 4) is 0 Å². The normalized spacial score (nSPS) is 10.7. The lowest BCUT2D eigenvalue weighted by molar-refractivity contribution is -0.117. The number of aryl methyl sites for hydroxylation is 1. The molecule has 0 saturated carbocycles. The summed E-state index contributed by atoms with van der Waals surface area (Å²) >= 11 is 0. The molecule has 0 unspecified atom stereocenters. The zero-order chi connectivity index (χ0) is 24.9. The molecule has 35 heavy (non-hydrogen) atoms. The van der Waals surface area contributed by atoms with Gasteiger partial charge in [0.2, 0.25) is 5.91 Å². The van der Waals surface area contributed by atoms with Crippen LogP contribution in [-0.4, -0.2) is 32.7 Å². The van der Waals surface area contributed by atoms with Crippen molar-refractivity contribution in [3.63, 3.8) is 0 Å². The quantitative estimate of drug-likeness (QED) is 0.381. The molecule has 176 valence electrons. The van der Waals surface area contributed by atoms with Gasteiger partial charge in [-0.25, -0.2) is 9.48 Å². The Balaban J connectivity index is 1.52. The second-order valence-electron chi connectivity index (χ2n) is 7.92. The number of carbonyl (C=O) groups excluding carboxylic acids is 2. The highest BCUT2D eigenvalue weighted by Crippen LogP contribution is 2.16. The highest BCUT2D eigenvalue weighted by atomic mass is 16.4. The number of carboxylic acid groups (broad SMARTS) is 1. The van der Waals surface area contributed by atoms with Gasteiger partial charge in [-0.1, -0.05) is 60.2 Å². The average molecular weight is 470 g/mol. The SMILES string of the molecule is Cc1ccc(CNC(=O)c2ccccc2NC(=O)Cn2nc(C(=O)O)c3ccccc3c2=O)cc1. The monoisotopic (exact) mass is 470 g/mol. The van der Waals surface area contributed by atoms with Crippen molar-refractivity contribution < 1.29 is 19.5 Å². The molecule has 0 fully saturated rings. The summed E-state index contributed by atoms with van der Waals surface area (Å²) in [6.45, 7) is 1.77. The van der Waals surface area contributed by atoms with Gasteiger partial charge in [-0.3, -0.25) is 14.4 Å². The smallest absolute Gasteiger partial charge is 0.357 e. The van der Waals surface area contributed by atoms with Gasteiger partial charge in [0.25, 0.3) is 11.5 Å². The number of amides is 2. The molecule has 0 aliphatic carbocycles. The Morgan fingerprint density at radius 1 is 0.914 bits per heavy atom. The van der Waals surface area contributed by atoms with Crippen LogP contribution in [0.2, 0.25) is 0 Å². The van der Waals surface area contributed by atoms with Crippen molar-refractivity contribution in [2.24, 2.45) is 0 Å². The van der Waals surface area contributed by atoms with Crippen LogP contribution in [0.1, 0.15) is 32.0 Å². The minimum absolute atomic E-state index is 0.142. The first kappa shape index (κ1) is 23.4. The fraction of sp³-hybridized carbons (Fsp3) is 0.115. The minimum atomic E-state index is -1.31. The Kier molecular flexibility index (Phi) is 6.68. The highest BCUT2D eigenvalue weighted by Gasteiger charge is 2.18. The summed E-state index contributed by atoms with van der Waals surface area (Å²) in [7, 11) is 0. The maximum atomic E-state index is 12.8. The predicted octanol–water partition coefficient (Wildman–Crippen LogP) is 2.97. The summed E-state index contributed by atoms with van der Waals surface area (Å²) in [5.74, 6) is -2.33. The maximum Gasteiger partial charge on any atom is 0.357 e. The molecule has 9 nitrogen and oxygen atoms in total. The number of nitrogens with zero attached hydrogens (tertiary/aromatic N) is 2. The maximum absolute atomic E-state index is 12.8. The molecule has 2 amide bonds. The fourth-order valence-corrected chi connectivity index (χ4v) is 3.60. The number of rotatable bonds is 7. The van der Waals surface area contributed by atoms with E-state index in [2.05, 4.69) is 15.7 Å². The van der Waals surface area contributed by atoms with Crippen molar-refractivity contribution in [3.05, 3.63) is 106 Å². The van der Waals surface area contributed by atoms with Crippen LogP contribution < -0.4 is 16.2 Å². The number of nitrogens with one attached hydrogen (secondary N) is 2. The number of carbonyl (C=O) groups is 3. The van der Waals surface area contributed by atoms with Crippen molar-refractivity contribution in [1.29, 1.82) is 0 Å². The average Bonchev–Trinajstić information content (AvgIpc) is 2.85. The van der Waals surface area contributed by atoms with E-state index in [1.165, 1.54) is 12.1 Å². The van der Waals surface area contributed by atoms with Crippen LogP contribution >= 0.6 is 0 Å².